The largest absolute Gasteiger partial charge is 0.396 e. The van der Waals surface area contributed by atoms with Gasteiger partial charge in [-0.15, -0.1) is 0 Å². The van der Waals surface area contributed by atoms with E-state index in [1.54, 1.807) is 0 Å². The van der Waals surface area contributed by atoms with Crippen LogP contribution in [0.25, 0.3) is 0 Å². The van der Waals surface area contributed by atoms with Crippen molar-refractivity contribution in [2.75, 3.05) is 6.61 Å². The molecule has 0 radical (unpaired) electrons. The lowest BCUT2D eigenvalue weighted by Gasteiger charge is -2.48. The Morgan fingerprint density at radius 1 is 1.21 bits per heavy atom. The van der Waals surface area contributed by atoms with E-state index in [1.807, 2.05) is 0 Å². The SMILES string of the molecule is OC[C@]12CC=C[C@@H]3CCC[C@@]31CCC2. The van der Waals surface area contributed by atoms with Crippen molar-refractivity contribution in [3.63, 3.8) is 0 Å². The molecule has 78 valence electrons. The molecule has 3 aliphatic carbocycles. The molecule has 0 bridgehead atoms. The zero-order valence-electron chi connectivity index (χ0n) is 8.84. The van der Waals surface area contributed by atoms with E-state index in [1.165, 1.54) is 38.5 Å². The molecule has 1 nitrogen and oxygen atoms in total. The van der Waals surface area contributed by atoms with E-state index in [0.717, 1.165) is 12.3 Å². The van der Waals surface area contributed by atoms with Gasteiger partial charge < -0.3 is 5.11 Å². The summed E-state index contributed by atoms with van der Waals surface area (Å²) in [4.78, 5) is 0. The van der Waals surface area contributed by atoms with Gasteiger partial charge in [0, 0.05) is 12.0 Å². The molecule has 0 unspecified atom stereocenters. The van der Waals surface area contributed by atoms with E-state index >= 15 is 0 Å². The number of aliphatic hydroxyl groups excluding tert-OH is 1. The van der Waals surface area contributed by atoms with Gasteiger partial charge in [-0.3, -0.25) is 0 Å². The Labute approximate surface area is 86.2 Å². The molecule has 0 aromatic carbocycles. The normalized spacial score (nSPS) is 50.5. The zero-order chi connectivity index (χ0) is 9.65. The number of rotatable bonds is 1. The van der Waals surface area contributed by atoms with Crippen molar-refractivity contribution in [2.24, 2.45) is 16.7 Å². The zero-order valence-corrected chi connectivity index (χ0v) is 8.84. The Morgan fingerprint density at radius 2 is 2.07 bits per heavy atom. The molecular weight excluding hydrogens is 172 g/mol. The van der Waals surface area contributed by atoms with Crippen molar-refractivity contribution in [3.8, 4) is 0 Å². The minimum absolute atomic E-state index is 0.281. The highest BCUT2D eigenvalue weighted by Gasteiger charge is 2.59. The maximum atomic E-state index is 9.76. The predicted octanol–water partition coefficient (Wildman–Crippen LogP) is 2.90. The molecule has 3 aliphatic rings. The number of hydrogen-bond acceptors (Lipinski definition) is 1. The summed E-state index contributed by atoms with van der Waals surface area (Å²) >= 11 is 0. The van der Waals surface area contributed by atoms with Gasteiger partial charge in [0.15, 0.2) is 0 Å². The van der Waals surface area contributed by atoms with E-state index in [4.69, 9.17) is 0 Å². The summed E-state index contributed by atoms with van der Waals surface area (Å²) in [5.74, 6) is 0.797. The van der Waals surface area contributed by atoms with Gasteiger partial charge in [-0.2, -0.15) is 0 Å². The highest BCUT2D eigenvalue weighted by molar-refractivity contribution is 5.18. The van der Waals surface area contributed by atoms with Gasteiger partial charge >= 0.3 is 0 Å². The van der Waals surface area contributed by atoms with Gasteiger partial charge in [-0.25, -0.2) is 0 Å². The minimum atomic E-state index is 0.281. The third-order valence-electron chi connectivity index (χ3n) is 5.36. The lowest BCUT2D eigenvalue weighted by molar-refractivity contribution is -0.0137. The van der Waals surface area contributed by atoms with Gasteiger partial charge in [0.2, 0.25) is 0 Å². The summed E-state index contributed by atoms with van der Waals surface area (Å²) in [7, 11) is 0. The second-order valence-electron chi connectivity index (χ2n) is 5.58. The summed E-state index contributed by atoms with van der Waals surface area (Å²) in [6.45, 7) is 0.424. The molecule has 1 N–H and O–H groups in total. The Hall–Kier alpha value is -0.300. The van der Waals surface area contributed by atoms with Crippen molar-refractivity contribution in [2.45, 2.75) is 44.9 Å². The van der Waals surface area contributed by atoms with Crippen molar-refractivity contribution < 1.29 is 5.11 Å². The van der Waals surface area contributed by atoms with Crippen LogP contribution in [0.2, 0.25) is 0 Å². The molecule has 0 amide bonds. The van der Waals surface area contributed by atoms with Crippen LogP contribution in [-0.2, 0) is 0 Å². The lowest BCUT2D eigenvalue weighted by Crippen LogP contribution is -2.44. The van der Waals surface area contributed by atoms with Crippen LogP contribution < -0.4 is 0 Å². The summed E-state index contributed by atoms with van der Waals surface area (Å²) in [6, 6.07) is 0. The van der Waals surface area contributed by atoms with Crippen molar-refractivity contribution in [3.05, 3.63) is 12.2 Å². The average Bonchev–Trinajstić information content (AvgIpc) is 2.77. The summed E-state index contributed by atoms with van der Waals surface area (Å²) in [5.41, 5.74) is 0.791. The molecule has 14 heavy (non-hydrogen) atoms. The van der Waals surface area contributed by atoms with Crippen LogP contribution in [0.5, 0.6) is 0 Å². The smallest absolute Gasteiger partial charge is 0.0495 e. The van der Waals surface area contributed by atoms with Crippen molar-refractivity contribution in [1.82, 2.24) is 0 Å². The first kappa shape index (κ1) is 8.96. The molecular formula is C13H20O. The molecule has 0 aliphatic heterocycles. The fourth-order valence-corrected chi connectivity index (χ4v) is 4.67. The van der Waals surface area contributed by atoms with Crippen LogP contribution in [0, 0.1) is 16.7 Å². The molecule has 0 aromatic heterocycles. The first-order valence-electron chi connectivity index (χ1n) is 6.11. The molecule has 1 heteroatoms. The van der Waals surface area contributed by atoms with Crippen LogP contribution >= 0.6 is 0 Å². The Kier molecular flexibility index (Phi) is 1.82. The Balaban J connectivity index is 2.07. The van der Waals surface area contributed by atoms with Gasteiger partial charge in [0.05, 0.1) is 0 Å². The molecule has 0 aromatic rings. The highest BCUT2D eigenvalue weighted by atomic mass is 16.3. The van der Waals surface area contributed by atoms with Gasteiger partial charge in [-0.1, -0.05) is 25.0 Å². The molecule has 0 saturated heterocycles. The molecule has 0 heterocycles. The van der Waals surface area contributed by atoms with Gasteiger partial charge in [0.25, 0.3) is 0 Å². The standard InChI is InChI=1S/C13H20O/c14-10-12-6-1-4-11-5-2-8-13(11,12)9-3-7-12/h1,4,11,14H,2-3,5-10H2/t11-,12-,13-/m1/s1. The number of allylic oxidation sites excluding steroid dienone is 2. The van der Waals surface area contributed by atoms with Crippen molar-refractivity contribution in [1.29, 1.82) is 0 Å². The maximum Gasteiger partial charge on any atom is 0.0495 e. The fourth-order valence-electron chi connectivity index (χ4n) is 4.67. The highest BCUT2D eigenvalue weighted by Crippen LogP contribution is 2.67. The van der Waals surface area contributed by atoms with Gasteiger partial charge in [0.1, 0.15) is 0 Å². The lowest BCUT2D eigenvalue weighted by atomic mass is 9.57. The van der Waals surface area contributed by atoms with E-state index in [9.17, 15) is 5.11 Å². The summed E-state index contributed by atoms with van der Waals surface area (Å²) < 4.78 is 0. The Morgan fingerprint density at radius 3 is 2.93 bits per heavy atom. The van der Waals surface area contributed by atoms with E-state index in [-0.39, 0.29) is 5.41 Å². The topological polar surface area (TPSA) is 20.2 Å². The predicted molar refractivity (Wildman–Crippen MR) is 56.9 cm³/mol. The molecule has 1 spiro atoms. The van der Waals surface area contributed by atoms with Crippen molar-refractivity contribution >= 4 is 0 Å². The summed E-state index contributed by atoms with van der Waals surface area (Å²) in [5, 5.41) is 9.76. The maximum absolute atomic E-state index is 9.76. The van der Waals surface area contributed by atoms with Gasteiger partial charge in [-0.05, 0) is 43.4 Å². The molecule has 2 saturated carbocycles. The Bertz CT molecular complexity index is 266. The van der Waals surface area contributed by atoms with Crippen LogP contribution in [0.4, 0.5) is 0 Å². The molecule has 2 fully saturated rings. The monoisotopic (exact) mass is 192 g/mol. The third-order valence-corrected chi connectivity index (χ3v) is 5.36. The van der Waals surface area contributed by atoms with E-state index in [0.29, 0.717) is 12.0 Å². The first-order chi connectivity index (χ1) is 6.83. The molecule has 3 atom stereocenters. The van der Waals surface area contributed by atoms with Crippen LogP contribution in [0.3, 0.4) is 0 Å². The minimum Gasteiger partial charge on any atom is -0.396 e. The quantitative estimate of drug-likeness (QED) is 0.633. The fraction of sp³-hybridized carbons (Fsp3) is 0.846. The molecule has 3 rings (SSSR count). The van der Waals surface area contributed by atoms with Crippen LogP contribution in [0.1, 0.15) is 44.9 Å². The second-order valence-corrected chi connectivity index (χ2v) is 5.58. The van der Waals surface area contributed by atoms with Crippen LogP contribution in [0.15, 0.2) is 12.2 Å². The van der Waals surface area contributed by atoms with Crippen LogP contribution in [-0.4, -0.2) is 11.7 Å². The third kappa shape index (κ3) is 0.850. The average molecular weight is 192 g/mol. The van der Waals surface area contributed by atoms with E-state index in [2.05, 4.69) is 12.2 Å². The number of hydrogen-bond donors (Lipinski definition) is 1. The number of aliphatic hydroxyl groups is 1. The first-order valence-corrected chi connectivity index (χ1v) is 6.11. The van der Waals surface area contributed by atoms with E-state index < -0.39 is 0 Å². The second kappa shape index (κ2) is 2.85. The summed E-state index contributed by atoms with van der Waals surface area (Å²) in [6.07, 6.45) is 14.1.